The molecule has 1 unspecified atom stereocenters. The van der Waals surface area contributed by atoms with E-state index in [2.05, 4.69) is 24.4 Å². The number of methoxy groups -OCH3 is 1. The van der Waals surface area contributed by atoms with Gasteiger partial charge >= 0.3 is 0 Å². The first kappa shape index (κ1) is 13.4. The predicted molar refractivity (Wildman–Crippen MR) is 73.1 cm³/mol. The second-order valence-corrected chi connectivity index (χ2v) is 4.97. The van der Waals surface area contributed by atoms with Crippen LogP contribution in [-0.4, -0.2) is 32.4 Å². The number of benzene rings is 1. The molecule has 3 nitrogen and oxygen atoms in total. The summed E-state index contributed by atoms with van der Waals surface area (Å²) in [5, 5.41) is 3.68. The van der Waals surface area contributed by atoms with Crippen molar-refractivity contribution in [2.24, 2.45) is 0 Å². The zero-order valence-corrected chi connectivity index (χ0v) is 11.3. The average molecular weight is 249 g/mol. The minimum absolute atomic E-state index is 0.462. The molecule has 18 heavy (non-hydrogen) atoms. The molecule has 0 aliphatic carbocycles. The van der Waals surface area contributed by atoms with E-state index >= 15 is 0 Å². The first-order chi connectivity index (χ1) is 8.79. The monoisotopic (exact) mass is 249 g/mol. The highest BCUT2D eigenvalue weighted by Gasteiger charge is 2.16. The third-order valence-corrected chi connectivity index (χ3v) is 3.46. The SMILES string of the molecule is COc1ccccc1CC(C)NC1CCOCC1. The zero-order valence-electron chi connectivity index (χ0n) is 11.3. The fourth-order valence-corrected chi connectivity index (χ4v) is 2.53. The Morgan fingerprint density at radius 2 is 2.06 bits per heavy atom. The molecular formula is C15H23NO2. The van der Waals surface area contributed by atoms with Crippen molar-refractivity contribution in [3.05, 3.63) is 29.8 Å². The van der Waals surface area contributed by atoms with Crippen molar-refractivity contribution < 1.29 is 9.47 Å². The lowest BCUT2D eigenvalue weighted by molar-refractivity contribution is 0.0754. The Morgan fingerprint density at radius 3 is 2.78 bits per heavy atom. The number of nitrogens with one attached hydrogen (secondary N) is 1. The van der Waals surface area contributed by atoms with Gasteiger partial charge in [0.15, 0.2) is 0 Å². The molecule has 1 N–H and O–H groups in total. The molecule has 100 valence electrons. The predicted octanol–water partition coefficient (Wildman–Crippen LogP) is 2.39. The Bertz CT molecular complexity index is 361. The summed E-state index contributed by atoms with van der Waals surface area (Å²) in [7, 11) is 1.73. The fraction of sp³-hybridized carbons (Fsp3) is 0.600. The Hall–Kier alpha value is -1.06. The van der Waals surface area contributed by atoms with Gasteiger partial charge in [0.2, 0.25) is 0 Å². The van der Waals surface area contributed by atoms with Crippen LogP contribution in [0.5, 0.6) is 5.75 Å². The van der Waals surface area contributed by atoms with E-state index in [-0.39, 0.29) is 0 Å². The van der Waals surface area contributed by atoms with E-state index in [1.54, 1.807) is 7.11 Å². The van der Waals surface area contributed by atoms with Crippen molar-refractivity contribution >= 4 is 0 Å². The summed E-state index contributed by atoms with van der Waals surface area (Å²) in [4.78, 5) is 0. The summed E-state index contributed by atoms with van der Waals surface area (Å²) in [5.41, 5.74) is 1.27. The highest BCUT2D eigenvalue weighted by atomic mass is 16.5. The van der Waals surface area contributed by atoms with Gasteiger partial charge in [0.25, 0.3) is 0 Å². The van der Waals surface area contributed by atoms with E-state index in [0.717, 1.165) is 38.2 Å². The van der Waals surface area contributed by atoms with Crippen LogP contribution >= 0.6 is 0 Å². The lowest BCUT2D eigenvalue weighted by atomic mass is 10.0. The van der Waals surface area contributed by atoms with Crippen LogP contribution in [0.1, 0.15) is 25.3 Å². The van der Waals surface area contributed by atoms with Crippen LogP contribution in [0.25, 0.3) is 0 Å². The molecule has 1 aliphatic heterocycles. The van der Waals surface area contributed by atoms with Crippen LogP contribution in [0.3, 0.4) is 0 Å². The van der Waals surface area contributed by atoms with E-state index < -0.39 is 0 Å². The minimum Gasteiger partial charge on any atom is -0.496 e. The molecule has 1 aliphatic rings. The second kappa shape index (κ2) is 6.76. The molecule has 1 heterocycles. The number of ether oxygens (including phenoxy) is 2. The molecule has 1 atom stereocenters. The normalized spacial score (nSPS) is 18.6. The molecule has 0 spiro atoms. The van der Waals surface area contributed by atoms with Gasteiger partial charge < -0.3 is 14.8 Å². The van der Waals surface area contributed by atoms with Crippen LogP contribution < -0.4 is 10.1 Å². The van der Waals surface area contributed by atoms with E-state index in [9.17, 15) is 0 Å². The number of rotatable bonds is 5. The fourth-order valence-electron chi connectivity index (χ4n) is 2.53. The second-order valence-electron chi connectivity index (χ2n) is 4.97. The van der Waals surface area contributed by atoms with Gasteiger partial charge in [-0.3, -0.25) is 0 Å². The van der Waals surface area contributed by atoms with Gasteiger partial charge in [-0.1, -0.05) is 18.2 Å². The first-order valence-corrected chi connectivity index (χ1v) is 6.75. The van der Waals surface area contributed by atoms with E-state index in [4.69, 9.17) is 9.47 Å². The smallest absolute Gasteiger partial charge is 0.122 e. The quantitative estimate of drug-likeness (QED) is 0.869. The molecule has 3 heteroatoms. The van der Waals surface area contributed by atoms with Crippen molar-refractivity contribution in [3.63, 3.8) is 0 Å². The molecule has 0 amide bonds. The van der Waals surface area contributed by atoms with Crippen LogP contribution in [0.15, 0.2) is 24.3 Å². The van der Waals surface area contributed by atoms with Crippen molar-refractivity contribution in [2.75, 3.05) is 20.3 Å². The van der Waals surface area contributed by atoms with Gasteiger partial charge in [-0.2, -0.15) is 0 Å². The lowest BCUT2D eigenvalue weighted by Gasteiger charge is -2.27. The Morgan fingerprint density at radius 1 is 1.33 bits per heavy atom. The van der Waals surface area contributed by atoms with Crippen molar-refractivity contribution in [1.29, 1.82) is 0 Å². The van der Waals surface area contributed by atoms with Crippen molar-refractivity contribution in [2.45, 2.75) is 38.3 Å². The Balaban J connectivity index is 1.87. The molecular weight excluding hydrogens is 226 g/mol. The number of hydrogen-bond donors (Lipinski definition) is 1. The minimum atomic E-state index is 0.462. The maximum absolute atomic E-state index is 5.39. The van der Waals surface area contributed by atoms with Gasteiger partial charge in [0.05, 0.1) is 7.11 Å². The highest BCUT2D eigenvalue weighted by Crippen LogP contribution is 2.19. The van der Waals surface area contributed by atoms with E-state index in [0.29, 0.717) is 12.1 Å². The van der Waals surface area contributed by atoms with E-state index in [1.165, 1.54) is 5.56 Å². The summed E-state index contributed by atoms with van der Waals surface area (Å²) in [5.74, 6) is 0.984. The lowest BCUT2D eigenvalue weighted by Crippen LogP contribution is -2.41. The zero-order chi connectivity index (χ0) is 12.8. The summed E-state index contributed by atoms with van der Waals surface area (Å²) in [6.45, 7) is 4.01. The van der Waals surface area contributed by atoms with Gasteiger partial charge in [-0.05, 0) is 37.8 Å². The van der Waals surface area contributed by atoms with Gasteiger partial charge in [0.1, 0.15) is 5.75 Å². The maximum Gasteiger partial charge on any atom is 0.122 e. The molecule has 0 radical (unpaired) electrons. The standard InChI is InChI=1S/C15H23NO2/c1-12(16-14-7-9-18-10-8-14)11-13-5-3-4-6-15(13)17-2/h3-6,12,14,16H,7-11H2,1-2H3. The molecule has 0 aromatic heterocycles. The van der Waals surface area contributed by atoms with E-state index in [1.807, 2.05) is 12.1 Å². The van der Waals surface area contributed by atoms with Crippen LogP contribution in [0.4, 0.5) is 0 Å². The van der Waals surface area contributed by atoms with Crippen LogP contribution in [0, 0.1) is 0 Å². The molecule has 1 saturated heterocycles. The summed E-state index contributed by atoms with van der Waals surface area (Å²) in [6, 6.07) is 9.31. The Kier molecular flexibility index (Phi) is 5.02. The summed E-state index contributed by atoms with van der Waals surface area (Å²) < 4.78 is 10.8. The number of para-hydroxylation sites is 1. The Labute approximate surface area is 109 Å². The van der Waals surface area contributed by atoms with Gasteiger partial charge in [0, 0.05) is 25.3 Å². The summed E-state index contributed by atoms with van der Waals surface area (Å²) >= 11 is 0. The maximum atomic E-state index is 5.39. The number of hydrogen-bond acceptors (Lipinski definition) is 3. The van der Waals surface area contributed by atoms with Gasteiger partial charge in [-0.25, -0.2) is 0 Å². The molecule has 1 fully saturated rings. The third kappa shape index (κ3) is 3.72. The first-order valence-electron chi connectivity index (χ1n) is 6.75. The van der Waals surface area contributed by atoms with Crippen molar-refractivity contribution in [3.8, 4) is 5.75 Å². The molecule has 2 rings (SSSR count). The molecule has 0 bridgehead atoms. The summed E-state index contributed by atoms with van der Waals surface area (Å²) in [6.07, 6.45) is 3.24. The van der Waals surface area contributed by atoms with Gasteiger partial charge in [-0.15, -0.1) is 0 Å². The van der Waals surface area contributed by atoms with Crippen LogP contribution in [-0.2, 0) is 11.2 Å². The third-order valence-electron chi connectivity index (χ3n) is 3.46. The average Bonchev–Trinajstić information content (AvgIpc) is 2.40. The molecule has 0 saturated carbocycles. The van der Waals surface area contributed by atoms with Crippen molar-refractivity contribution in [1.82, 2.24) is 5.32 Å². The topological polar surface area (TPSA) is 30.5 Å². The highest BCUT2D eigenvalue weighted by molar-refractivity contribution is 5.33. The largest absolute Gasteiger partial charge is 0.496 e. The molecule has 1 aromatic carbocycles. The molecule has 1 aromatic rings. The van der Waals surface area contributed by atoms with Crippen LogP contribution in [0.2, 0.25) is 0 Å².